The number of likely N-dealkylation sites (N-methyl/N-ethyl adjacent to an activating group) is 1. The minimum Gasteiger partial charge on any atom is -0.481 e. The maximum Gasteiger partial charge on any atom is 0.303 e. The van der Waals surface area contributed by atoms with Gasteiger partial charge in [0.2, 0.25) is 0 Å². The van der Waals surface area contributed by atoms with Gasteiger partial charge in [0.25, 0.3) is 0 Å². The number of carbonyl (C=O) groups is 1. The Labute approximate surface area is 304 Å². The summed E-state index contributed by atoms with van der Waals surface area (Å²) in [6.45, 7) is 6.19. The molecule has 0 aromatic rings. The van der Waals surface area contributed by atoms with Crippen LogP contribution in [0.1, 0.15) is 97.3 Å². The maximum atomic E-state index is 11.9. The number of aliphatic hydroxyl groups excluding tert-OH is 4. The standard InChI is InChI=1S/C37H70N4O10/c1-4-40-29(25(16-36(45)46)11-24-9-10-41-35(38)13-24)20-49-34-15-26(14-33(48-3)37(34)47)31-18-27(43)17-28(51-31)7-5-23-6-8-30(44)32(12-23)50-21-39-19-22(2)42/h22-35,37,39-44,47H,4-21,38H2,1-3H3,(H,45,46). The molecule has 4 rings (SSSR count). The predicted molar refractivity (Wildman–Crippen MR) is 192 cm³/mol. The van der Waals surface area contributed by atoms with E-state index in [0.29, 0.717) is 57.0 Å². The Balaban J connectivity index is 1.32. The Morgan fingerprint density at radius 1 is 0.980 bits per heavy atom. The van der Waals surface area contributed by atoms with Crippen molar-refractivity contribution in [1.29, 1.82) is 0 Å². The van der Waals surface area contributed by atoms with Crippen LogP contribution < -0.4 is 21.7 Å². The first-order valence-electron chi connectivity index (χ1n) is 19.7. The third kappa shape index (κ3) is 14.0. The van der Waals surface area contributed by atoms with Gasteiger partial charge in [-0.2, -0.15) is 0 Å². The minimum atomic E-state index is -0.837. The van der Waals surface area contributed by atoms with Crippen LogP contribution in [-0.2, 0) is 23.7 Å². The Hall–Kier alpha value is -1.01. The van der Waals surface area contributed by atoms with Gasteiger partial charge in [-0.05, 0) is 121 Å². The van der Waals surface area contributed by atoms with Crippen LogP contribution in [0.5, 0.6) is 0 Å². The number of aliphatic carboxylic acids is 1. The zero-order chi connectivity index (χ0) is 36.9. The summed E-state index contributed by atoms with van der Waals surface area (Å²) in [5.41, 5.74) is 6.16. The van der Waals surface area contributed by atoms with E-state index in [1.165, 1.54) is 0 Å². The van der Waals surface area contributed by atoms with Crippen molar-refractivity contribution in [1.82, 2.24) is 16.0 Å². The first-order valence-corrected chi connectivity index (χ1v) is 19.7. The number of piperidine rings is 1. The number of methoxy groups -OCH3 is 1. The predicted octanol–water partition coefficient (Wildman–Crippen LogP) is 1.06. The fraction of sp³-hybridized carbons (Fsp3) is 0.973. The minimum absolute atomic E-state index is 0.0150. The van der Waals surface area contributed by atoms with E-state index < -0.39 is 42.6 Å². The highest BCUT2D eigenvalue weighted by molar-refractivity contribution is 5.67. The van der Waals surface area contributed by atoms with E-state index in [9.17, 15) is 30.3 Å². The van der Waals surface area contributed by atoms with E-state index in [1.807, 2.05) is 6.92 Å². The molecule has 2 heterocycles. The molecule has 2 aliphatic heterocycles. The van der Waals surface area contributed by atoms with E-state index in [2.05, 4.69) is 16.0 Å². The first-order chi connectivity index (χ1) is 24.4. The van der Waals surface area contributed by atoms with E-state index >= 15 is 0 Å². The first kappa shape index (κ1) is 42.7. The van der Waals surface area contributed by atoms with Gasteiger partial charge in [0, 0.05) is 26.1 Å². The van der Waals surface area contributed by atoms with Crippen LogP contribution in [0.25, 0.3) is 0 Å². The van der Waals surface area contributed by atoms with E-state index in [0.717, 1.165) is 51.5 Å². The molecule has 0 amide bonds. The molecule has 0 radical (unpaired) electrons. The lowest BCUT2D eigenvalue weighted by molar-refractivity contribution is -0.178. The summed E-state index contributed by atoms with van der Waals surface area (Å²) in [7, 11) is 1.60. The van der Waals surface area contributed by atoms with Crippen molar-refractivity contribution in [2.75, 3.05) is 40.1 Å². The molecule has 14 nitrogen and oxygen atoms in total. The highest BCUT2D eigenvalue weighted by atomic mass is 16.5. The Morgan fingerprint density at radius 3 is 2.47 bits per heavy atom. The monoisotopic (exact) mass is 731 g/mol. The van der Waals surface area contributed by atoms with E-state index in [1.54, 1.807) is 14.0 Å². The molecule has 0 bridgehead atoms. The van der Waals surface area contributed by atoms with E-state index in [-0.39, 0.29) is 62.1 Å². The molecular weight excluding hydrogens is 660 g/mol. The van der Waals surface area contributed by atoms with Crippen LogP contribution in [0.3, 0.4) is 0 Å². The van der Waals surface area contributed by atoms with Gasteiger partial charge in [0.1, 0.15) is 6.10 Å². The normalized spacial score (nSPS) is 38.2. The van der Waals surface area contributed by atoms with Crippen LogP contribution >= 0.6 is 0 Å². The lowest BCUT2D eigenvalue weighted by Crippen LogP contribution is -2.52. The fourth-order valence-electron chi connectivity index (χ4n) is 9.07. The van der Waals surface area contributed by atoms with Crippen LogP contribution in [0.4, 0.5) is 0 Å². The maximum absolute atomic E-state index is 11.9. The summed E-state index contributed by atoms with van der Waals surface area (Å²) in [6.07, 6.45) is 5.01. The highest BCUT2D eigenvalue weighted by Crippen LogP contribution is 2.39. The summed E-state index contributed by atoms with van der Waals surface area (Å²) >= 11 is 0. The smallest absolute Gasteiger partial charge is 0.303 e. The lowest BCUT2D eigenvalue weighted by atomic mass is 9.77. The summed E-state index contributed by atoms with van der Waals surface area (Å²) in [6, 6.07) is -0.200. The molecule has 15 unspecified atom stereocenters. The SMILES string of the molecule is CCNC(COC1CC(C2CC(O)CC(CCC3CCC(O)C(OCNCC(C)O)C3)O2)CC(OC)C1O)C(CC(=O)O)CC1CCNC(N)C1. The molecule has 14 heteroatoms. The van der Waals surface area contributed by atoms with Gasteiger partial charge < -0.3 is 60.8 Å². The highest BCUT2D eigenvalue weighted by Gasteiger charge is 2.44. The molecule has 0 aromatic carbocycles. The summed E-state index contributed by atoms with van der Waals surface area (Å²) < 4.78 is 24.9. The number of rotatable bonds is 20. The number of carboxylic acid groups (broad SMARTS) is 1. The number of hydrogen-bond donors (Lipinski definition) is 9. The van der Waals surface area contributed by atoms with Crippen molar-refractivity contribution >= 4 is 5.97 Å². The molecule has 2 aliphatic carbocycles. The number of aliphatic hydroxyl groups is 4. The van der Waals surface area contributed by atoms with Crippen molar-refractivity contribution in [2.45, 2.75) is 164 Å². The molecule has 4 fully saturated rings. The molecule has 15 atom stereocenters. The average molecular weight is 731 g/mol. The second kappa shape index (κ2) is 21.8. The van der Waals surface area contributed by atoms with Crippen molar-refractivity contribution in [3.05, 3.63) is 0 Å². The van der Waals surface area contributed by atoms with Gasteiger partial charge in [-0.1, -0.05) is 6.92 Å². The van der Waals surface area contributed by atoms with Crippen molar-refractivity contribution in [3.63, 3.8) is 0 Å². The molecule has 4 aliphatic rings. The Morgan fingerprint density at radius 2 is 1.76 bits per heavy atom. The van der Waals surface area contributed by atoms with Crippen LogP contribution in [0, 0.1) is 23.7 Å². The molecule has 2 saturated carbocycles. The Kier molecular flexibility index (Phi) is 18.2. The van der Waals surface area contributed by atoms with Crippen molar-refractivity contribution in [2.24, 2.45) is 29.4 Å². The summed E-state index contributed by atoms with van der Waals surface area (Å²) in [4.78, 5) is 11.9. The van der Waals surface area contributed by atoms with Gasteiger partial charge in [0.15, 0.2) is 0 Å². The molecule has 2 saturated heterocycles. The Bertz CT molecular complexity index is 999. The average Bonchev–Trinajstić information content (AvgIpc) is 3.08. The zero-order valence-corrected chi connectivity index (χ0v) is 31.2. The van der Waals surface area contributed by atoms with Crippen LogP contribution in [-0.4, -0.2) is 139 Å². The molecule has 0 aromatic heterocycles. The number of ether oxygens (including phenoxy) is 4. The van der Waals surface area contributed by atoms with Crippen LogP contribution in [0.2, 0.25) is 0 Å². The van der Waals surface area contributed by atoms with Gasteiger partial charge in [0.05, 0.1) is 68.3 Å². The van der Waals surface area contributed by atoms with E-state index in [4.69, 9.17) is 24.7 Å². The largest absolute Gasteiger partial charge is 0.481 e. The lowest BCUT2D eigenvalue weighted by Gasteiger charge is -2.45. The zero-order valence-electron chi connectivity index (χ0n) is 31.2. The second-order valence-electron chi connectivity index (χ2n) is 16.0. The molecule has 10 N–H and O–H groups in total. The topological polar surface area (TPSA) is 217 Å². The molecule has 298 valence electrons. The second-order valence-corrected chi connectivity index (χ2v) is 16.0. The molecular formula is C37H70N4O10. The molecule has 0 spiro atoms. The van der Waals surface area contributed by atoms with Crippen molar-refractivity contribution in [3.8, 4) is 0 Å². The number of hydrogen-bond acceptors (Lipinski definition) is 13. The van der Waals surface area contributed by atoms with Gasteiger partial charge >= 0.3 is 5.97 Å². The number of carboxylic acids is 1. The quantitative estimate of drug-likeness (QED) is 0.0633. The third-order valence-corrected chi connectivity index (χ3v) is 11.8. The number of nitrogens with two attached hydrogens (primary N) is 1. The third-order valence-electron chi connectivity index (χ3n) is 11.8. The summed E-state index contributed by atoms with van der Waals surface area (Å²) in [5, 5.41) is 61.9. The van der Waals surface area contributed by atoms with Gasteiger partial charge in [-0.15, -0.1) is 0 Å². The fourth-order valence-corrected chi connectivity index (χ4v) is 9.07. The van der Waals surface area contributed by atoms with Crippen molar-refractivity contribution < 1.29 is 49.3 Å². The van der Waals surface area contributed by atoms with Gasteiger partial charge in [-0.3, -0.25) is 10.1 Å². The number of nitrogens with one attached hydrogen (secondary N) is 3. The van der Waals surface area contributed by atoms with Gasteiger partial charge in [-0.25, -0.2) is 0 Å². The summed E-state index contributed by atoms with van der Waals surface area (Å²) in [5.74, 6) is -0.248. The van der Waals surface area contributed by atoms with Crippen LogP contribution in [0.15, 0.2) is 0 Å². The molecule has 51 heavy (non-hydrogen) atoms.